The Morgan fingerprint density at radius 1 is 1.07 bits per heavy atom. The fourth-order valence-electron chi connectivity index (χ4n) is 3.05. The van der Waals surface area contributed by atoms with Gasteiger partial charge in [-0.05, 0) is 34.6 Å². The molecule has 0 aliphatic carbocycles. The van der Waals surface area contributed by atoms with Crippen LogP contribution in [-0.4, -0.2) is 33.8 Å². The van der Waals surface area contributed by atoms with E-state index in [0.717, 1.165) is 34.0 Å². The van der Waals surface area contributed by atoms with Crippen LogP contribution < -0.4 is 5.32 Å². The molecule has 1 aromatic carbocycles. The van der Waals surface area contributed by atoms with Crippen LogP contribution in [0.2, 0.25) is 0 Å². The predicted octanol–water partition coefficient (Wildman–Crippen LogP) is 3.85. The first-order valence-electron chi connectivity index (χ1n) is 9.61. The van der Waals surface area contributed by atoms with Crippen molar-refractivity contribution in [3.8, 4) is 0 Å². The molecule has 0 amide bonds. The normalized spacial score (nSPS) is 16.3. The molecule has 0 bridgehead atoms. The van der Waals surface area contributed by atoms with Gasteiger partial charge in [-0.2, -0.15) is 0 Å². The van der Waals surface area contributed by atoms with E-state index in [9.17, 15) is 4.79 Å². The van der Waals surface area contributed by atoms with Crippen LogP contribution >= 0.6 is 11.8 Å². The Morgan fingerprint density at radius 2 is 1.76 bits per heavy atom. The number of aromatic nitrogens is 2. The molecule has 1 N–H and O–H groups in total. The van der Waals surface area contributed by atoms with Crippen molar-refractivity contribution in [2.75, 3.05) is 6.61 Å². The van der Waals surface area contributed by atoms with E-state index >= 15 is 0 Å². The van der Waals surface area contributed by atoms with Crippen molar-refractivity contribution in [1.82, 2.24) is 15.3 Å². The molecule has 2 heterocycles. The number of carbonyl (C=O) groups excluding carboxylic acids is 1. The van der Waals surface area contributed by atoms with Crippen LogP contribution in [0.1, 0.15) is 42.2 Å². The molecular weight excluding hydrogens is 384 g/mol. The van der Waals surface area contributed by atoms with Crippen molar-refractivity contribution in [3.63, 3.8) is 0 Å². The predicted molar refractivity (Wildman–Crippen MR) is 117 cm³/mol. The third-order valence-corrected chi connectivity index (χ3v) is 5.66. The second-order valence-electron chi connectivity index (χ2n) is 6.80. The van der Waals surface area contributed by atoms with Gasteiger partial charge >= 0.3 is 5.97 Å². The Labute approximate surface area is 175 Å². The Bertz CT molecular complexity index is 970. The molecule has 0 radical (unpaired) electrons. The van der Waals surface area contributed by atoms with Gasteiger partial charge in [-0.25, -0.2) is 9.79 Å². The van der Waals surface area contributed by atoms with Crippen molar-refractivity contribution in [2.45, 2.75) is 45.9 Å². The largest absolute Gasteiger partial charge is 0.462 e. The van der Waals surface area contributed by atoms with Crippen LogP contribution in [-0.2, 0) is 15.3 Å². The zero-order valence-corrected chi connectivity index (χ0v) is 18.3. The molecule has 29 heavy (non-hydrogen) atoms. The number of allylic oxidation sites excluding steroid dienone is 1. The third-order valence-electron chi connectivity index (χ3n) is 4.68. The van der Waals surface area contributed by atoms with Crippen molar-refractivity contribution < 1.29 is 9.53 Å². The quantitative estimate of drug-likeness (QED) is 0.729. The highest BCUT2D eigenvalue weighted by Gasteiger charge is 2.28. The fraction of sp³-hybridized carbons (Fsp3) is 0.364. The summed E-state index contributed by atoms with van der Waals surface area (Å²) in [4.78, 5) is 26.6. The summed E-state index contributed by atoms with van der Waals surface area (Å²) in [6.07, 6.45) is 0. The maximum Gasteiger partial charge on any atom is 0.342 e. The van der Waals surface area contributed by atoms with Gasteiger partial charge in [-0.3, -0.25) is 9.97 Å². The Balaban J connectivity index is 1.87. The Kier molecular flexibility index (Phi) is 6.69. The third kappa shape index (κ3) is 4.85. The number of thioether (sulfide) groups is 1. The number of hydrogen-bond donors (Lipinski definition) is 1. The number of hydrogen-bond acceptors (Lipinski definition) is 7. The number of esters is 1. The van der Waals surface area contributed by atoms with Gasteiger partial charge < -0.3 is 10.1 Å². The number of aryl methyl sites for hydroxylation is 3. The summed E-state index contributed by atoms with van der Waals surface area (Å²) in [5, 5.41) is 3.33. The van der Waals surface area contributed by atoms with Crippen LogP contribution in [0.5, 0.6) is 0 Å². The number of rotatable bonds is 6. The monoisotopic (exact) mass is 410 g/mol. The molecule has 1 unspecified atom stereocenters. The Hall–Kier alpha value is -2.67. The molecule has 2 aromatic rings. The van der Waals surface area contributed by atoms with E-state index in [1.807, 2.05) is 58.0 Å². The lowest BCUT2D eigenvalue weighted by molar-refractivity contribution is -0.137. The van der Waals surface area contributed by atoms with Crippen molar-refractivity contribution in [3.05, 3.63) is 69.9 Å². The molecule has 7 heteroatoms. The summed E-state index contributed by atoms with van der Waals surface area (Å²) in [6, 6.07) is 9.73. The number of aliphatic imine (C=N–C) groups is 1. The molecule has 6 nitrogen and oxygen atoms in total. The maximum atomic E-state index is 12.6. The van der Waals surface area contributed by atoms with Crippen molar-refractivity contribution in [1.29, 1.82) is 0 Å². The SMILES string of the molecule is CCOC(=O)C1=C(C)NC(SCc2nc(C)c(C)nc2C)N=C1c1ccccc1. The second kappa shape index (κ2) is 9.22. The Morgan fingerprint density at radius 3 is 2.45 bits per heavy atom. The zero-order valence-electron chi connectivity index (χ0n) is 17.4. The van der Waals surface area contributed by atoms with E-state index in [1.165, 1.54) is 0 Å². The van der Waals surface area contributed by atoms with Gasteiger partial charge in [-0.1, -0.05) is 30.3 Å². The van der Waals surface area contributed by atoms with E-state index in [0.29, 0.717) is 23.6 Å². The van der Waals surface area contributed by atoms with Gasteiger partial charge in [0.25, 0.3) is 0 Å². The molecule has 1 aliphatic rings. The van der Waals surface area contributed by atoms with E-state index in [-0.39, 0.29) is 11.5 Å². The lowest BCUT2D eigenvalue weighted by Gasteiger charge is -2.26. The molecule has 1 atom stereocenters. The van der Waals surface area contributed by atoms with E-state index < -0.39 is 0 Å². The highest BCUT2D eigenvalue weighted by atomic mass is 32.2. The van der Waals surface area contributed by atoms with Crippen molar-refractivity contribution in [2.24, 2.45) is 4.99 Å². The molecule has 0 saturated heterocycles. The molecule has 3 rings (SSSR count). The van der Waals surface area contributed by atoms with Crippen LogP contribution in [0.25, 0.3) is 0 Å². The van der Waals surface area contributed by atoms with Crippen LogP contribution in [0.15, 0.2) is 46.6 Å². The summed E-state index contributed by atoms with van der Waals surface area (Å²) in [5.74, 6) is 0.310. The summed E-state index contributed by atoms with van der Waals surface area (Å²) < 4.78 is 5.27. The fourth-order valence-corrected chi connectivity index (χ4v) is 4.08. The first kappa shape index (κ1) is 21.0. The van der Waals surface area contributed by atoms with Crippen LogP contribution in [0, 0.1) is 20.8 Å². The number of nitrogens with one attached hydrogen (secondary N) is 1. The van der Waals surface area contributed by atoms with E-state index in [4.69, 9.17) is 9.73 Å². The number of carbonyl (C=O) groups is 1. The molecule has 0 saturated carbocycles. The zero-order chi connectivity index (χ0) is 21.0. The first-order valence-corrected chi connectivity index (χ1v) is 10.7. The molecule has 1 aromatic heterocycles. The molecule has 1 aliphatic heterocycles. The van der Waals surface area contributed by atoms with E-state index in [1.54, 1.807) is 18.7 Å². The molecular formula is C22H26N4O2S. The van der Waals surface area contributed by atoms with Gasteiger partial charge in [0.1, 0.15) is 5.57 Å². The molecule has 0 spiro atoms. The summed E-state index contributed by atoms with van der Waals surface area (Å²) in [6.45, 7) is 9.93. The minimum Gasteiger partial charge on any atom is -0.462 e. The lowest BCUT2D eigenvalue weighted by Crippen LogP contribution is -2.34. The first-order chi connectivity index (χ1) is 13.9. The standard InChI is InChI=1S/C22H26N4O2S/c1-6-28-21(27)19-16(5)25-22(26-20(19)17-10-8-7-9-11-17)29-12-18-15(4)23-13(2)14(3)24-18/h7-11,22,25H,6,12H2,1-5H3. The van der Waals surface area contributed by atoms with Gasteiger partial charge in [0.05, 0.1) is 35.1 Å². The van der Waals surface area contributed by atoms with Gasteiger partial charge in [0, 0.05) is 17.0 Å². The average Bonchev–Trinajstić information content (AvgIpc) is 2.70. The topological polar surface area (TPSA) is 76.5 Å². The average molecular weight is 411 g/mol. The smallest absolute Gasteiger partial charge is 0.342 e. The minimum atomic E-state index is -0.362. The maximum absolute atomic E-state index is 12.6. The van der Waals surface area contributed by atoms with Gasteiger partial charge in [0.2, 0.25) is 0 Å². The second-order valence-corrected chi connectivity index (χ2v) is 7.87. The molecule has 0 fully saturated rings. The number of nitrogens with zero attached hydrogens (tertiary/aromatic N) is 3. The van der Waals surface area contributed by atoms with Gasteiger partial charge in [-0.15, -0.1) is 11.8 Å². The molecule has 152 valence electrons. The highest BCUT2D eigenvalue weighted by molar-refractivity contribution is 7.99. The summed E-state index contributed by atoms with van der Waals surface area (Å²) >= 11 is 1.62. The highest BCUT2D eigenvalue weighted by Crippen LogP contribution is 2.26. The summed E-state index contributed by atoms with van der Waals surface area (Å²) in [5.41, 5.74) is 6.34. The lowest BCUT2D eigenvalue weighted by atomic mass is 10.00. The van der Waals surface area contributed by atoms with Crippen LogP contribution in [0.3, 0.4) is 0 Å². The van der Waals surface area contributed by atoms with Crippen molar-refractivity contribution >= 4 is 23.4 Å². The van der Waals surface area contributed by atoms with Gasteiger partial charge in [0.15, 0.2) is 5.50 Å². The van der Waals surface area contributed by atoms with Crippen LogP contribution in [0.4, 0.5) is 0 Å². The number of benzene rings is 1. The number of ether oxygens (including phenoxy) is 1. The summed E-state index contributed by atoms with van der Waals surface area (Å²) in [7, 11) is 0. The van der Waals surface area contributed by atoms with E-state index in [2.05, 4.69) is 15.3 Å². The minimum absolute atomic E-state index is 0.230.